The van der Waals surface area contributed by atoms with Gasteiger partial charge in [-0.15, -0.1) is 0 Å². The average Bonchev–Trinajstić information content (AvgIpc) is 1.14. The van der Waals surface area contributed by atoms with Gasteiger partial charge in [0.05, 0.1) is 64.5 Å². The summed E-state index contributed by atoms with van der Waals surface area (Å²) in [6.45, 7) is 5.62. The number of aromatic amines is 3. The van der Waals surface area contributed by atoms with Crippen LogP contribution in [0, 0.1) is 49.6 Å². The van der Waals surface area contributed by atoms with Crippen LogP contribution >= 0.6 is 34.8 Å². The van der Waals surface area contributed by atoms with E-state index in [1.54, 1.807) is 116 Å². The summed E-state index contributed by atoms with van der Waals surface area (Å²) in [6, 6.07) is 38.9. The number of carbonyl (C=O) groups excluding carboxylic acids is 6. The van der Waals surface area contributed by atoms with Crippen molar-refractivity contribution in [1.82, 2.24) is 60.8 Å². The van der Waals surface area contributed by atoms with Gasteiger partial charge in [0, 0.05) is 178 Å². The molecule has 0 spiro atoms. The van der Waals surface area contributed by atoms with Crippen molar-refractivity contribution in [2.45, 2.75) is 59.7 Å². The number of carbonyl (C=O) groups is 6. The number of primary amides is 2. The Labute approximate surface area is 743 Å². The van der Waals surface area contributed by atoms with E-state index in [4.69, 9.17) is 56.3 Å². The van der Waals surface area contributed by atoms with Crippen LogP contribution in [0.1, 0.15) is 126 Å². The molecule has 15 rings (SSSR count). The molecule has 6 aromatic carbocycles. The Morgan fingerprint density at radius 2 is 0.796 bits per heavy atom. The van der Waals surface area contributed by atoms with Gasteiger partial charge in [-0.05, 0) is 163 Å². The van der Waals surface area contributed by atoms with Gasteiger partial charge in [-0.25, -0.2) is 13.2 Å². The maximum Gasteiger partial charge on any atom is 1.00 e. The number of nitrogens with zero attached hydrogens (tertiary/aromatic N) is 7. The Bertz CT molecular complexity index is 6020. The predicted octanol–water partition coefficient (Wildman–Crippen LogP) is 7.82. The van der Waals surface area contributed by atoms with Crippen LogP contribution < -0.4 is 135 Å². The van der Waals surface area contributed by atoms with Crippen molar-refractivity contribution >= 4 is 136 Å². The number of nitriles is 1. The molecule has 0 aliphatic rings. The fraction of sp³-hybridized carbons (Fsp3) is 0.110. The number of nitrogens with one attached hydrogen (secondary N) is 6. The standard InChI is InChI=1S/2C27H21ClFN5O2.C27H19ClFN5O.CH2O3.2K.H/c2*1-14-6-18-7-15(9-20(26(30)35)25(18)33-11-14)8-19-10-16(4-5-31-19)27(36)34-12-17-2-3-22-23(24(17)29)21(28)13-32-22;1-15-6-19-7-16(8-20(11-30)26(19)33-12-15)9-21-10-17(4-5-31-21)27(35)34-13-18-2-3-23-24(25(18)29)22(28)14-32-23;2-1-4-3;;;/h2*2-7,9-11,13,32H,8,12H2,1H3,(H2,30,35)(H,34,36);2-8,10,12,14,32H,9,13H2,1H3,(H,34,35);1,3H;;;/q;;;;2*+1;-1/p-1. The van der Waals surface area contributed by atoms with Gasteiger partial charge in [0.25, 0.3) is 36.0 Å². The second kappa shape index (κ2) is 38.6. The molecule has 0 saturated carbocycles. The first kappa shape index (κ1) is 85.3. The minimum Gasteiger partial charge on any atom is -1.00 e. The fourth-order valence-corrected chi connectivity index (χ4v) is 13.3. The molecule has 9 aromatic heterocycles. The molecular formula is C82H63Cl3F3K2N15O8. The molecule has 0 unspecified atom stereocenters. The Morgan fingerprint density at radius 1 is 0.487 bits per heavy atom. The average molecular weight is 1630 g/mol. The number of benzene rings is 6. The molecule has 23 nitrogen and oxygen atoms in total. The third-order valence-corrected chi connectivity index (χ3v) is 18.7. The van der Waals surface area contributed by atoms with Crippen molar-refractivity contribution in [2.24, 2.45) is 11.5 Å². The Balaban J connectivity index is 0.000000189. The van der Waals surface area contributed by atoms with Crippen LogP contribution in [0.25, 0.3) is 65.4 Å². The van der Waals surface area contributed by atoms with E-state index in [0.717, 1.165) is 49.5 Å². The third kappa shape index (κ3) is 20.4. The van der Waals surface area contributed by atoms with Gasteiger partial charge < -0.3 is 53.9 Å². The number of nitrogens with two attached hydrogens (primary N) is 2. The van der Waals surface area contributed by atoms with Crippen LogP contribution in [0.5, 0.6) is 0 Å². The Morgan fingerprint density at radius 3 is 1.11 bits per heavy atom. The van der Waals surface area contributed by atoms with Crippen molar-refractivity contribution in [3.63, 3.8) is 0 Å². The van der Waals surface area contributed by atoms with Crippen LogP contribution in [-0.2, 0) is 48.6 Å². The second-order valence-corrected chi connectivity index (χ2v) is 26.9. The summed E-state index contributed by atoms with van der Waals surface area (Å²) in [6.07, 6.45) is 15.5. The zero-order chi connectivity index (χ0) is 78.7. The Hall–Kier alpha value is -10.2. The van der Waals surface area contributed by atoms with Gasteiger partial charge in [-0.3, -0.25) is 58.7 Å². The van der Waals surface area contributed by atoms with Gasteiger partial charge in [-0.2, -0.15) is 5.26 Å². The quantitative estimate of drug-likeness (QED) is 0.0176. The molecule has 5 amide bonds. The molecule has 558 valence electrons. The molecule has 31 heteroatoms. The van der Waals surface area contributed by atoms with Crippen LogP contribution in [0.4, 0.5) is 13.2 Å². The summed E-state index contributed by atoms with van der Waals surface area (Å²) < 4.78 is 44.5. The van der Waals surface area contributed by atoms with Gasteiger partial charge >= 0.3 is 103 Å². The van der Waals surface area contributed by atoms with Crippen LogP contribution in [0.15, 0.2) is 183 Å². The van der Waals surface area contributed by atoms with Crippen LogP contribution in [0.3, 0.4) is 0 Å². The van der Waals surface area contributed by atoms with Crippen molar-refractivity contribution in [1.29, 1.82) is 5.26 Å². The minimum atomic E-state index is -0.564. The summed E-state index contributed by atoms with van der Waals surface area (Å²) in [5.41, 5.74) is 25.4. The van der Waals surface area contributed by atoms with Gasteiger partial charge in [0.15, 0.2) is 0 Å². The number of hydrogen-bond acceptors (Lipinski definition) is 15. The SMILES string of the molecule is Cc1cnc2c(C#N)cc(Cc3cc(C(=O)NCc4ccc5[nH]cc(Cl)c5c4F)ccn3)cc2c1.Cc1cnc2c(C(N)=O)cc(Cc3cc(C(=O)NCc4ccc5[nH]cc(Cl)c5c4F)ccn3)cc2c1.Cc1cnc2c(C(N)=O)cc(Cc3cc(C(=O)NCc4ccc5[nH]cc(Cl)c5c4F)ccn3)cc2c1.O=CO[O-].[H-].[K+].[K+]. The van der Waals surface area contributed by atoms with Crippen LogP contribution in [-0.4, -0.2) is 80.9 Å². The number of halogens is 6. The molecule has 113 heavy (non-hydrogen) atoms. The normalized spacial score (nSPS) is 10.7. The first-order chi connectivity index (χ1) is 53.4. The third-order valence-electron chi connectivity index (χ3n) is 17.8. The van der Waals surface area contributed by atoms with Gasteiger partial charge in [0.1, 0.15) is 23.5 Å². The first-order valence-corrected chi connectivity index (χ1v) is 35.0. The van der Waals surface area contributed by atoms with Crippen molar-refractivity contribution in [3.05, 3.63) is 316 Å². The number of pyridine rings is 6. The van der Waals surface area contributed by atoms with Crippen LogP contribution in [0.2, 0.25) is 15.1 Å². The summed E-state index contributed by atoms with van der Waals surface area (Å²) >= 11 is 18.2. The maximum absolute atomic E-state index is 14.8. The molecule has 0 saturated heterocycles. The fourth-order valence-electron chi connectivity index (χ4n) is 12.6. The monoisotopic (exact) mass is 1630 g/mol. The number of rotatable bonds is 18. The number of hydrogen-bond donors (Lipinski definition) is 8. The molecule has 0 aliphatic carbocycles. The molecule has 0 bridgehead atoms. The molecule has 0 radical (unpaired) electrons. The summed E-state index contributed by atoms with van der Waals surface area (Å²) in [5, 5.41) is 30.5. The van der Waals surface area contributed by atoms with E-state index in [-0.39, 0.29) is 158 Å². The number of aromatic nitrogens is 9. The number of H-pyrrole nitrogens is 3. The smallest absolute Gasteiger partial charge is 1.00 e. The topological polar surface area (TPSA) is 371 Å². The molecular weight excluding hydrogens is 1560 g/mol. The number of amides is 5. The largest absolute Gasteiger partial charge is 1.00 e. The van der Waals surface area contributed by atoms with E-state index in [0.29, 0.717) is 141 Å². The second-order valence-electron chi connectivity index (χ2n) is 25.7. The zero-order valence-corrected chi connectivity index (χ0v) is 69.5. The van der Waals surface area contributed by atoms with E-state index in [9.17, 15) is 42.4 Å². The van der Waals surface area contributed by atoms with Crippen molar-refractivity contribution in [2.75, 3.05) is 0 Å². The molecule has 9 heterocycles. The zero-order valence-electron chi connectivity index (χ0n) is 62.0. The van der Waals surface area contributed by atoms with Gasteiger partial charge in [0.2, 0.25) is 0 Å². The summed E-state index contributed by atoms with van der Waals surface area (Å²) in [4.78, 5) is 109. The summed E-state index contributed by atoms with van der Waals surface area (Å²) in [5.74, 6) is -3.61. The van der Waals surface area contributed by atoms with E-state index < -0.39 is 29.3 Å². The predicted molar refractivity (Wildman–Crippen MR) is 414 cm³/mol. The molecule has 0 atom stereocenters. The summed E-state index contributed by atoms with van der Waals surface area (Å²) in [7, 11) is 0. The Kier molecular flexibility index (Phi) is 29.1. The molecule has 10 N–H and O–H groups in total. The van der Waals surface area contributed by atoms with Gasteiger partial charge in [-0.1, -0.05) is 53.0 Å². The minimum absolute atomic E-state index is 0. The van der Waals surface area contributed by atoms with E-state index in [2.05, 4.69) is 71.8 Å². The van der Waals surface area contributed by atoms with E-state index in [1.165, 1.54) is 31.0 Å². The number of fused-ring (bicyclic) bond motifs is 6. The van der Waals surface area contributed by atoms with Crippen molar-refractivity contribution < 1.29 is 156 Å². The molecule has 0 aliphatic heterocycles. The van der Waals surface area contributed by atoms with E-state index in [1.807, 2.05) is 57.2 Å². The molecule has 0 fully saturated rings. The van der Waals surface area contributed by atoms with Crippen molar-refractivity contribution in [3.8, 4) is 6.07 Å². The maximum atomic E-state index is 14.8. The van der Waals surface area contributed by atoms with E-state index >= 15 is 0 Å². The first-order valence-electron chi connectivity index (χ1n) is 33.9. The molecule has 15 aromatic rings. The number of aryl methyl sites for hydroxylation is 3.